The van der Waals surface area contributed by atoms with Crippen LogP contribution in [0.4, 0.5) is 0 Å². The predicted octanol–water partition coefficient (Wildman–Crippen LogP) is 2.11. The number of carbonyl (C=O) groups is 1. The summed E-state index contributed by atoms with van der Waals surface area (Å²) in [7, 11) is 0. The monoisotopic (exact) mass is 248 g/mol. The molecule has 0 aliphatic heterocycles. The molecule has 0 atom stereocenters. The lowest BCUT2D eigenvalue weighted by atomic mass is 9.95. The third kappa shape index (κ3) is 2.91. The first-order valence-electron chi connectivity index (χ1n) is 6.56. The summed E-state index contributed by atoms with van der Waals surface area (Å²) in [6.07, 6.45) is 3.32. The summed E-state index contributed by atoms with van der Waals surface area (Å²) in [5.74, 6) is -0.0514. The zero-order chi connectivity index (χ0) is 13.0. The smallest absolute Gasteiger partial charge is 0.312 e. The fraction of sp³-hybridized carbons (Fsp3) is 0.533. The number of esters is 1. The van der Waals surface area contributed by atoms with E-state index in [4.69, 9.17) is 9.84 Å². The van der Waals surface area contributed by atoms with Gasteiger partial charge in [0.2, 0.25) is 0 Å². The third-order valence-electron chi connectivity index (χ3n) is 3.53. The molecule has 1 fully saturated rings. The topological polar surface area (TPSA) is 46.5 Å². The Labute approximate surface area is 108 Å². The summed E-state index contributed by atoms with van der Waals surface area (Å²) in [6, 6.07) is 8.13. The van der Waals surface area contributed by atoms with Crippen LogP contribution in [0.3, 0.4) is 0 Å². The molecule has 3 heteroatoms. The van der Waals surface area contributed by atoms with Gasteiger partial charge in [0.05, 0.1) is 12.0 Å². The lowest BCUT2D eigenvalue weighted by Gasteiger charge is -2.13. The minimum Gasteiger partial charge on any atom is -0.466 e. The van der Waals surface area contributed by atoms with E-state index in [0.29, 0.717) is 13.0 Å². The van der Waals surface area contributed by atoms with Crippen molar-refractivity contribution >= 4 is 5.97 Å². The highest BCUT2D eigenvalue weighted by Gasteiger charge is 2.50. The molecular formula is C15H20O3. The van der Waals surface area contributed by atoms with Crippen LogP contribution in [0.25, 0.3) is 0 Å². The van der Waals surface area contributed by atoms with Crippen LogP contribution in [-0.2, 0) is 22.4 Å². The van der Waals surface area contributed by atoms with E-state index in [2.05, 4.69) is 0 Å². The van der Waals surface area contributed by atoms with Crippen LogP contribution < -0.4 is 0 Å². The largest absolute Gasteiger partial charge is 0.466 e. The molecule has 3 nitrogen and oxygen atoms in total. The van der Waals surface area contributed by atoms with Crippen molar-refractivity contribution < 1.29 is 14.6 Å². The van der Waals surface area contributed by atoms with Gasteiger partial charge in [-0.2, -0.15) is 0 Å². The molecule has 1 aromatic carbocycles. The number of benzene rings is 1. The number of hydrogen-bond donors (Lipinski definition) is 1. The second kappa shape index (κ2) is 5.53. The Balaban J connectivity index is 1.99. The zero-order valence-corrected chi connectivity index (χ0v) is 10.8. The molecule has 0 unspecified atom stereocenters. The van der Waals surface area contributed by atoms with Crippen LogP contribution in [-0.4, -0.2) is 24.3 Å². The highest BCUT2D eigenvalue weighted by atomic mass is 16.5. The summed E-state index contributed by atoms with van der Waals surface area (Å²) < 4.78 is 5.13. The van der Waals surface area contributed by atoms with E-state index in [0.717, 1.165) is 24.8 Å². The van der Waals surface area contributed by atoms with Gasteiger partial charge in [0.25, 0.3) is 0 Å². The molecule has 0 radical (unpaired) electrons. The van der Waals surface area contributed by atoms with Gasteiger partial charge in [-0.15, -0.1) is 0 Å². The summed E-state index contributed by atoms with van der Waals surface area (Å²) in [5.41, 5.74) is 2.04. The van der Waals surface area contributed by atoms with E-state index in [9.17, 15) is 4.79 Å². The lowest BCUT2D eigenvalue weighted by Crippen LogP contribution is -2.21. The maximum atomic E-state index is 11.8. The van der Waals surface area contributed by atoms with Crippen LogP contribution in [0.2, 0.25) is 0 Å². The minimum absolute atomic E-state index is 0.0514. The van der Waals surface area contributed by atoms with E-state index in [1.165, 1.54) is 5.56 Å². The molecule has 1 aromatic rings. The number of carbonyl (C=O) groups excluding carboxylic acids is 1. The van der Waals surface area contributed by atoms with Crippen molar-refractivity contribution in [2.75, 3.05) is 13.2 Å². The van der Waals surface area contributed by atoms with Gasteiger partial charge in [-0.3, -0.25) is 4.79 Å². The SMILES string of the molecule is CCOC(=O)C1(Cc2ccc(CCO)cc2)CC1. The highest BCUT2D eigenvalue weighted by Crippen LogP contribution is 2.49. The van der Waals surface area contributed by atoms with Gasteiger partial charge in [-0.05, 0) is 43.7 Å². The van der Waals surface area contributed by atoms with E-state index in [1.54, 1.807) is 0 Å². The zero-order valence-electron chi connectivity index (χ0n) is 10.8. The van der Waals surface area contributed by atoms with Crippen molar-refractivity contribution in [3.05, 3.63) is 35.4 Å². The molecule has 1 aliphatic carbocycles. The maximum absolute atomic E-state index is 11.8. The Bertz CT molecular complexity index is 404. The highest BCUT2D eigenvalue weighted by molar-refractivity contribution is 5.80. The molecule has 98 valence electrons. The van der Waals surface area contributed by atoms with Gasteiger partial charge in [0.15, 0.2) is 0 Å². The fourth-order valence-electron chi connectivity index (χ4n) is 2.23. The van der Waals surface area contributed by atoms with Crippen LogP contribution >= 0.6 is 0 Å². The van der Waals surface area contributed by atoms with Crippen molar-refractivity contribution in [2.45, 2.75) is 32.6 Å². The molecule has 0 bridgehead atoms. The standard InChI is InChI=1S/C15H20O3/c1-2-18-14(17)15(8-9-15)11-13-5-3-12(4-6-13)7-10-16/h3-6,16H,2,7-11H2,1H3. The third-order valence-corrected chi connectivity index (χ3v) is 3.53. The molecule has 1 N–H and O–H groups in total. The normalized spacial score (nSPS) is 16.3. The summed E-state index contributed by atoms with van der Waals surface area (Å²) in [5, 5.41) is 8.86. The predicted molar refractivity (Wildman–Crippen MR) is 69.2 cm³/mol. The van der Waals surface area contributed by atoms with Crippen LogP contribution in [0, 0.1) is 5.41 Å². The van der Waals surface area contributed by atoms with Gasteiger partial charge in [0.1, 0.15) is 0 Å². The average molecular weight is 248 g/mol. The molecule has 0 heterocycles. The van der Waals surface area contributed by atoms with E-state index in [1.807, 2.05) is 31.2 Å². The van der Waals surface area contributed by atoms with Crippen molar-refractivity contribution in [1.29, 1.82) is 0 Å². The minimum atomic E-state index is -0.255. The molecule has 18 heavy (non-hydrogen) atoms. The maximum Gasteiger partial charge on any atom is 0.312 e. The first-order valence-corrected chi connectivity index (χ1v) is 6.56. The van der Waals surface area contributed by atoms with Crippen molar-refractivity contribution in [1.82, 2.24) is 0 Å². The number of rotatable bonds is 6. The van der Waals surface area contributed by atoms with Gasteiger partial charge in [-0.1, -0.05) is 24.3 Å². The Morgan fingerprint density at radius 2 is 1.89 bits per heavy atom. The molecule has 1 aliphatic rings. The molecule has 0 amide bonds. The molecule has 0 saturated heterocycles. The van der Waals surface area contributed by atoms with Crippen LogP contribution in [0.1, 0.15) is 30.9 Å². The summed E-state index contributed by atoms with van der Waals surface area (Å²) >= 11 is 0. The first kappa shape index (κ1) is 13.1. The molecule has 0 aromatic heterocycles. The Hall–Kier alpha value is -1.35. The average Bonchev–Trinajstić information content (AvgIpc) is 3.13. The molecule has 1 saturated carbocycles. The molecule has 2 rings (SSSR count). The summed E-state index contributed by atoms with van der Waals surface area (Å²) in [6.45, 7) is 2.47. The fourth-order valence-corrected chi connectivity index (χ4v) is 2.23. The Morgan fingerprint density at radius 3 is 2.39 bits per heavy atom. The number of ether oxygens (including phenoxy) is 1. The van der Waals surface area contributed by atoms with Crippen LogP contribution in [0.15, 0.2) is 24.3 Å². The van der Waals surface area contributed by atoms with Gasteiger partial charge >= 0.3 is 5.97 Å². The van der Waals surface area contributed by atoms with Crippen molar-refractivity contribution in [2.24, 2.45) is 5.41 Å². The number of aliphatic hydroxyl groups is 1. The van der Waals surface area contributed by atoms with Gasteiger partial charge in [0, 0.05) is 6.61 Å². The van der Waals surface area contributed by atoms with Crippen molar-refractivity contribution in [3.8, 4) is 0 Å². The van der Waals surface area contributed by atoms with Gasteiger partial charge in [-0.25, -0.2) is 0 Å². The second-order valence-electron chi connectivity index (χ2n) is 4.97. The Morgan fingerprint density at radius 1 is 1.28 bits per heavy atom. The van der Waals surface area contributed by atoms with E-state index >= 15 is 0 Å². The quantitative estimate of drug-likeness (QED) is 0.784. The van der Waals surface area contributed by atoms with E-state index < -0.39 is 0 Å². The molecular weight excluding hydrogens is 228 g/mol. The second-order valence-corrected chi connectivity index (χ2v) is 4.97. The summed E-state index contributed by atoms with van der Waals surface area (Å²) in [4.78, 5) is 11.8. The number of hydrogen-bond acceptors (Lipinski definition) is 3. The lowest BCUT2D eigenvalue weighted by molar-refractivity contribution is -0.149. The van der Waals surface area contributed by atoms with Gasteiger partial charge < -0.3 is 9.84 Å². The number of aliphatic hydroxyl groups excluding tert-OH is 1. The van der Waals surface area contributed by atoms with Crippen LogP contribution in [0.5, 0.6) is 0 Å². The molecule has 0 spiro atoms. The van der Waals surface area contributed by atoms with Crippen molar-refractivity contribution in [3.63, 3.8) is 0 Å². The Kier molecular flexibility index (Phi) is 4.02. The van der Waals surface area contributed by atoms with E-state index in [-0.39, 0.29) is 18.0 Å². The first-order chi connectivity index (χ1) is 8.70.